The van der Waals surface area contributed by atoms with Crippen LogP contribution in [0.4, 0.5) is 0 Å². The fraction of sp³-hybridized carbons (Fsp3) is 0.333. The molecule has 2 aliphatic heterocycles. The molecule has 0 aromatic heterocycles. The summed E-state index contributed by atoms with van der Waals surface area (Å²) in [5, 5.41) is 0.269. The first-order valence-corrected chi connectivity index (χ1v) is 10.1. The second-order valence-corrected chi connectivity index (χ2v) is 8.49. The number of halogens is 1. The molecule has 26 heavy (non-hydrogen) atoms. The van der Waals surface area contributed by atoms with Gasteiger partial charge in [-0.25, -0.2) is 8.42 Å². The van der Waals surface area contributed by atoms with Crippen LogP contribution in [0.25, 0.3) is 0 Å². The zero-order valence-electron chi connectivity index (χ0n) is 14.2. The van der Waals surface area contributed by atoms with Crippen molar-refractivity contribution in [3.63, 3.8) is 0 Å². The van der Waals surface area contributed by atoms with Crippen LogP contribution >= 0.6 is 11.6 Å². The summed E-state index contributed by atoms with van der Waals surface area (Å²) in [6, 6.07) is 8.34. The number of hydrogen-bond acceptors (Lipinski definition) is 5. The van der Waals surface area contributed by atoms with Crippen LogP contribution in [-0.4, -0.2) is 39.6 Å². The maximum atomic E-state index is 13.0. The van der Waals surface area contributed by atoms with Gasteiger partial charge in [0.2, 0.25) is 10.0 Å². The Balaban J connectivity index is 1.64. The molecule has 0 unspecified atom stereocenters. The van der Waals surface area contributed by atoms with Gasteiger partial charge in [-0.05, 0) is 47.9 Å². The predicted molar refractivity (Wildman–Crippen MR) is 96.7 cm³/mol. The molecule has 0 saturated heterocycles. The maximum absolute atomic E-state index is 13.0. The second kappa shape index (κ2) is 6.64. The fourth-order valence-electron chi connectivity index (χ4n) is 3.23. The number of nitrogens with zero attached hydrogens (tertiary/aromatic N) is 1. The Morgan fingerprint density at radius 3 is 2.42 bits per heavy atom. The van der Waals surface area contributed by atoms with Crippen LogP contribution in [0.1, 0.15) is 11.1 Å². The third kappa shape index (κ3) is 3.00. The lowest BCUT2D eigenvalue weighted by atomic mass is 10.00. The maximum Gasteiger partial charge on any atom is 0.243 e. The van der Waals surface area contributed by atoms with Crippen LogP contribution in [0.5, 0.6) is 17.2 Å². The Hall–Kier alpha value is -1.96. The SMILES string of the molecule is COc1ccc(S(=O)(=O)N2CCc3cc4c(cc3C2)OCCO4)cc1Cl. The number of ether oxygens (including phenoxy) is 3. The molecule has 8 heteroatoms. The van der Waals surface area contributed by atoms with Gasteiger partial charge in [0.1, 0.15) is 19.0 Å². The number of benzene rings is 2. The van der Waals surface area contributed by atoms with Gasteiger partial charge in [-0.2, -0.15) is 4.31 Å². The van der Waals surface area contributed by atoms with Crippen LogP contribution in [0.3, 0.4) is 0 Å². The monoisotopic (exact) mass is 395 g/mol. The summed E-state index contributed by atoms with van der Waals surface area (Å²) >= 11 is 6.10. The molecule has 138 valence electrons. The van der Waals surface area contributed by atoms with Gasteiger partial charge in [0.15, 0.2) is 11.5 Å². The largest absolute Gasteiger partial charge is 0.495 e. The summed E-state index contributed by atoms with van der Waals surface area (Å²) in [6.07, 6.45) is 0.620. The van der Waals surface area contributed by atoms with E-state index in [1.54, 1.807) is 6.07 Å². The van der Waals surface area contributed by atoms with E-state index >= 15 is 0 Å². The van der Waals surface area contributed by atoms with Gasteiger partial charge in [0, 0.05) is 13.1 Å². The lowest BCUT2D eigenvalue weighted by Gasteiger charge is -2.30. The van der Waals surface area contributed by atoms with Crippen LogP contribution < -0.4 is 14.2 Å². The number of hydrogen-bond donors (Lipinski definition) is 0. The topological polar surface area (TPSA) is 65.1 Å². The molecule has 0 aliphatic carbocycles. The van der Waals surface area contributed by atoms with Crippen molar-refractivity contribution < 1.29 is 22.6 Å². The van der Waals surface area contributed by atoms with Crippen LogP contribution in [0.2, 0.25) is 5.02 Å². The third-order valence-corrected chi connectivity index (χ3v) is 6.74. The molecule has 0 N–H and O–H groups in total. The summed E-state index contributed by atoms with van der Waals surface area (Å²) in [5.41, 5.74) is 2.03. The van der Waals surface area contributed by atoms with E-state index < -0.39 is 10.0 Å². The highest BCUT2D eigenvalue weighted by molar-refractivity contribution is 7.89. The van der Waals surface area contributed by atoms with E-state index in [4.69, 9.17) is 25.8 Å². The number of rotatable bonds is 3. The van der Waals surface area contributed by atoms with E-state index in [0.29, 0.717) is 37.7 Å². The highest BCUT2D eigenvalue weighted by atomic mass is 35.5. The fourth-order valence-corrected chi connectivity index (χ4v) is 5.00. The van der Waals surface area contributed by atoms with Crippen LogP contribution in [-0.2, 0) is 23.0 Å². The lowest BCUT2D eigenvalue weighted by Crippen LogP contribution is -2.36. The first kappa shape index (κ1) is 17.5. The molecule has 0 spiro atoms. The normalized spacial score (nSPS) is 16.8. The molecular weight excluding hydrogens is 378 g/mol. The highest BCUT2D eigenvalue weighted by Crippen LogP contribution is 2.37. The van der Waals surface area contributed by atoms with Gasteiger partial charge < -0.3 is 14.2 Å². The van der Waals surface area contributed by atoms with Crippen LogP contribution in [0, 0.1) is 0 Å². The van der Waals surface area contributed by atoms with Gasteiger partial charge in [-0.15, -0.1) is 0 Å². The molecule has 2 aromatic rings. The molecule has 0 radical (unpaired) electrons. The Kier molecular flexibility index (Phi) is 4.46. The van der Waals surface area contributed by atoms with Gasteiger partial charge in [0.05, 0.1) is 17.0 Å². The Morgan fingerprint density at radius 2 is 1.77 bits per heavy atom. The standard InChI is InChI=1S/C18H18ClNO5S/c1-23-16-3-2-14(10-15(16)19)26(21,22)20-5-4-12-8-17-18(9-13(12)11-20)25-7-6-24-17/h2-3,8-10H,4-7,11H2,1H3. The van der Waals surface area contributed by atoms with Crippen molar-refractivity contribution in [2.24, 2.45) is 0 Å². The summed E-state index contributed by atoms with van der Waals surface area (Å²) in [7, 11) is -2.16. The Labute approximate surface area is 157 Å². The van der Waals surface area contributed by atoms with E-state index in [9.17, 15) is 8.42 Å². The van der Waals surface area contributed by atoms with Gasteiger partial charge >= 0.3 is 0 Å². The van der Waals surface area contributed by atoms with Crippen molar-refractivity contribution >= 4 is 21.6 Å². The molecule has 0 bridgehead atoms. The van der Waals surface area contributed by atoms with Crippen LogP contribution in [0.15, 0.2) is 35.2 Å². The molecule has 2 aliphatic rings. The van der Waals surface area contributed by atoms with E-state index in [2.05, 4.69) is 0 Å². The Morgan fingerprint density at radius 1 is 1.08 bits per heavy atom. The summed E-state index contributed by atoms with van der Waals surface area (Å²) < 4.78 is 43.8. The van der Waals surface area contributed by atoms with Crippen molar-refractivity contribution in [1.29, 1.82) is 0 Å². The number of fused-ring (bicyclic) bond motifs is 2. The summed E-state index contributed by atoms with van der Waals surface area (Å²) in [6.45, 7) is 1.72. The minimum atomic E-state index is -3.65. The van der Waals surface area contributed by atoms with E-state index in [0.717, 1.165) is 16.9 Å². The average Bonchev–Trinajstić information content (AvgIpc) is 2.65. The van der Waals surface area contributed by atoms with Crippen molar-refractivity contribution in [3.8, 4) is 17.2 Å². The molecule has 4 rings (SSSR count). The quantitative estimate of drug-likeness (QED) is 0.799. The third-order valence-electron chi connectivity index (χ3n) is 4.60. The smallest absolute Gasteiger partial charge is 0.243 e. The van der Waals surface area contributed by atoms with Crippen molar-refractivity contribution in [2.45, 2.75) is 17.9 Å². The number of sulfonamides is 1. The predicted octanol–water partition coefficient (Wildman–Crippen LogP) is 2.87. The summed E-state index contributed by atoms with van der Waals surface area (Å²) in [5.74, 6) is 1.84. The van der Waals surface area contributed by atoms with Crippen molar-refractivity contribution in [1.82, 2.24) is 4.31 Å². The first-order valence-electron chi connectivity index (χ1n) is 8.24. The van der Waals surface area contributed by atoms with E-state index in [1.165, 1.54) is 23.5 Å². The zero-order chi connectivity index (χ0) is 18.3. The molecule has 2 aromatic carbocycles. The van der Waals surface area contributed by atoms with Gasteiger partial charge in [-0.3, -0.25) is 0 Å². The molecule has 0 saturated carbocycles. The summed E-state index contributed by atoms with van der Waals surface area (Å²) in [4.78, 5) is 0.157. The minimum Gasteiger partial charge on any atom is -0.495 e. The molecule has 6 nitrogen and oxygen atoms in total. The first-order chi connectivity index (χ1) is 12.5. The lowest BCUT2D eigenvalue weighted by molar-refractivity contribution is 0.171. The zero-order valence-corrected chi connectivity index (χ0v) is 15.8. The number of methoxy groups -OCH3 is 1. The van der Waals surface area contributed by atoms with Gasteiger partial charge in [0.25, 0.3) is 0 Å². The minimum absolute atomic E-state index is 0.157. The van der Waals surface area contributed by atoms with Gasteiger partial charge in [-0.1, -0.05) is 11.6 Å². The molecular formula is C18H18ClNO5S. The van der Waals surface area contributed by atoms with E-state index in [-0.39, 0.29) is 16.5 Å². The Bertz CT molecular complexity index is 960. The van der Waals surface area contributed by atoms with Crippen molar-refractivity contribution in [3.05, 3.63) is 46.5 Å². The molecule has 2 heterocycles. The highest BCUT2D eigenvalue weighted by Gasteiger charge is 2.30. The van der Waals surface area contributed by atoms with Crippen molar-refractivity contribution in [2.75, 3.05) is 26.9 Å². The molecule has 0 atom stereocenters. The second-order valence-electron chi connectivity index (χ2n) is 6.15. The average molecular weight is 396 g/mol. The van der Waals surface area contributed by atoms with E-state index in [1.807, 2.05) is 12.1 Å². The molecule has 0 fully saturated rings. The molecule has 0 amide bonds.